The van der Waals surface area contributed by atoms with Gasteiger partial charge in [-0.25, -0.2) is 4.79 Å². The summed E-state index contributed by atoms with van der Waals surface area (Å²) in [4.78, 5) is 22.3. The van der Waals surface area contributed by atoms with Gasteiger partial charge >= 0.3 is 11.7 Å². The van der Waals surface area contributed by atoms with Crippen LogP contribution < -0.4 is 9.47 Å². The van der Waals surface area contributed by atoms with E-state index in [1.54, 1.807) is 6.07 Å². The van der Waals surface area contributed by atoms with E-state index in [-0.39, 0.29) is 27.8 Å². The maximum absolute atomic E-state index is 11.8. The molecule has 0 radical (unpaired) electrons. The van der Waals surface area contributed by atoms with Gasteiger partial charge in [-0.2, -0.15) is 0 Å². The largest absolute Gasteiger partial charge is 0.497 e. The van der Waals surface area contributed by atoms with Crippen LogP contribution >= 0.6 is 11.6 Å². The van der Waals surface area contributed by atoms with E-state index >= 15 is 0 Å². The molecule has 2 rings (SSSR count). The Labute approximate surface area is 136 Å². The molecule has 0 saturated heterocycles. The summed E-state index contributed by atoms with van der Waals surface area (Å²) in [6.45, 7) is 0. The van der Waals surface area contributed by atoms with Crippen LogP contribution in [0.4, 0.5) is 5.69 Å². The molecule has 0 aliphatic rings. The molecule has 0 aliphatic heterocycles. The lowest BCUT2D eigenvalue weighted by Crippen LogP contribution is -2.04. The fourth-order valence-corrected chi connectivity index (χ4v) is 2.00. The van der Waals surface area contributed by atoms with Gasteiger partial charge in [0.25, 0.3) is 0 Å². The van der Waals surface area contributed by atoms with E-state index in [0.717, 1.165) is 6.07 Å². The lowest BCUT2D eigenvalue weighted by atomic mass is 10.2. The minimum absolute atomic E-state index is 0.0576. The van der Waals surface area contributed by atoms with Crippen molar-refractivity contribution in [3.63, 3.8) is 0 Å². The first-order valence-corrected chi connectivity index (χ1v) is 6.72. The number of rotatable bonds is 5. The van der Waals surface area contributed by atoms with Crippen molar-refractivity contribution in [3.8, 4) is 17.2 Å². The van der Waals surface area contributed by atoms with E-state index in [0.29, 0.717) is 5.75 Å². The molecule has 0 amide bonds. The summed E-state index contributed by atoms with van der Waals surface area (Å²) in [5, 5.41) is 11.3. The van der Waals surface area contributed by atoms with Gasteiger partial charge in [0.05, 0.1) is 19.1 Å². The van der Waals surface area contributed by atoms with Gasteiger partial charge in [-0.05, 0) is 24.3 Å². The number of carbonyl (C=O) groups is 1. The quantitative estimate of drug-likeness (QED) is 0.468. The monoisotopic (exact) mass is 337 g/mol. The highest BCUT2D eigenvalue weighted by Gasteiger charge is 2.20. The molecule has 120 valence electrons. The van der Waals surface area contributed by atoms with E-state index in [1.807, 2.05) is 0 Å². The number of hydrogen-bond donors (Lipinski definition) is 0. The van der Waals surface area contributed by atoms with E-state index in [4.69, 9.17) is 21.1 Å². The molecular weight excluding hydrogens is 326 g/mol. The van der Waals surface area contributed by atoms with Crippen LogP contribution in [0, 0.1) is 10.1 Å². The number of esters is 1. The van der Waals surface area contributed by atoms with Crippen LogP contribution in [0.15, 0.2) is 36.4 Å². The van der Waals surface area contributed by atoms with Crippen LogP contribution in [-0.4, -0.2) is 25.1 Å². The van der Waals surface area contributed by atoms with Crippen molar-refractivity contribution < 1.29 is 23.9 Å². The molecule has 23 heavy (non-hydrogen) atoms. The molecule has 0 bridgehead atoms. The van der Waals surface area contributed by atoms with Gasteiger partial charge in [0.1, 0.15) is 17.1 Å². The Morgan fingerprint density at radius 3 is 2.48 bits per heavy atom. The van der Waals surface area contributed by atoms with Gasteiger partial charge in [-0.15, -0.1) is 0 Å². The normalized spacial score (nSPS) is 10.0. The first-order valence-electron chi connectivity index (χ1n) is 6.34. The zero-order valence-electron chi connectivity index (χ0n) is 12.2. The molecule has 0 aromatic heterocycles. The van der Waals surface area contributed by atoms with Crippen molar-refractivity contribution in [2.24, 2.45) is 0 Å². The summed E-state index contributed by atoms with van der Waals surface area (Å²) < 4.78 is 15.3. The van der Waals surface area contributed by atoms with Crippen LogP contribution in [0.5, 0.6) is 17.2 Å². The van der Waals surface area contributed by atoms with Crippen molar-refractivity contribution in [1.82, 2.24) is 0 Å². The van der Waals surface area contributed by atoms with Crippen molar-refractivity contribution in [3.05, 3.63) is 57.1 Å². The van der Waals surface area contributed by atoms with Crippen LogP contribution in [0.25, 0.3) is 0 Å². The maximum Gasteiger partial charge on any atom is 0.341 e. The van der Waals surface area contributed by atoms with Crippen LogP contribution in [0.2, 0.25) is 5.02 Å². The first kappa shape index (κ1) is 16.6. The number of hydrogen-bond acceptors (Lipinski definition) is 6. The molecule has 0 spiro atoms. The topological polar surface area (TPSA) is 87.9 Å². The predicted octanol–water partition coefficient (Wildman–Crippen LogP) is 3.84. The first-order chi connectivity index (χ1) is 11.0. The van der Waals surface area contributed by atoms with E-state index < -0.39 is 10.9 Å². The second-order valence-electron chi connectivity index (χ2n) is 4.32. The minimum Gasteiger partial charge on any atom is -0.497 e. The smallest absolute Gasteiger partial charge is 0.341 e. The lowest BCUT2D eigenvalue weighted by Gasteiger charge is -2.11. The molecular formula is C15H12ClNO6. The van der Waals surface area contributed by atoms with Gasteiger partial charge in [0.15, 0.2) is 0 Å². The molecule has 0 N–H and O–H groups in total. The third-order valence-electron chi connectivity index (χ3n) is 2.93. The molecule has 2 aromatic carbocycles. The Kier molecular flexibility index (Phi) is 5.02. The summed E-state index contributed by atoms with van der Waals surface area (Å²) in [5.74, 6) is -0.206. The highest BCUT2D eigenvalue weighted by molar-refractivity contribution is 6.30. The molecule has 8 heteroatoms. The summed E-state index contributed by atoms with van der Waals surface area (Å²) in [6.07, 6.45) is 0. The third-order valence-corrected chi connectivity index (χ3v) is 3.17. The third kappa shape index (κ3) is 3.70. The van der Waals surface area contributed by atoms with Crippen LogP contribution in [0.1, 0.15) is 10.4 Å². The maximum atomic E-state index is 11.8. The Morgan fingerprint density at radius 1 is 1.13 bits per heavy atom. The van der Waals surface area contributed by atoms with Gasteiger partial charge in [-0.3, -0.25) is 10.1 Å². The van der Waals surface area contributed by atoms with Crippen molar-refractivity contribution in [1.29, 1.82) is 0 Å². The summed E-state index contributed by atoms with van der Waals surface area (Å²) in [5.41, 5.74) is -0.214. The van der Waals surface area contributed by atoms with E-state index in [2.05, 4.69) is 4.74 Å². The van der Waals surface area contributed by atoms with Crippen molar-refractivity contribution in [2.75, 3.05) is 14.2 Å². The average Bonchev–Trinajstić information content (AvgIpc) is 2.55. The van der Waals surface area contributed by atoms with Crippen molar-refractivity contribution in [2.45, 2.75) is 0 Å². The summed E-state index contributed by atoms with van der Waals surface area (Å²) in [7, 11) is 2.67. The second-order valence-corrected chi connectivity index (χ2v) is 4.76. The molecule has 0 aliphatic carbocycles. The molecule has 7 nitrogen and oxygen atoms in total. The second kappa shape index (κ2) is 6.97. The zero-order valence-corrected chi connectivity index (χ0v) is 13.0. The van der Waals surface area contributed by atoms with E-state index in [1.165, 1.54) is 38.5 Å². The fourth-order valence-electron chi connectivity index (χ4n) is 1.83. The van der Waals surface area contributed by atoms with Crippen LogP contribution in [0.3, 0.4) is 0 Å². The number of methoxy groups -OCH3 is 2. The average molecular weight is 338 g/mol. The van der Waals surface area contributed by atoms with Crippen LogP contribution in [-0.2, 0) is 4.74 Å². The van der Waals surface area contributed by atoms with Gasteiger partial charge in [0, 0.05) is 17.2 Å². The van der Waals surface area contributed by atoms with Crippen molar-refractivity contribution >= 4 is 23.3 Å². The number of benzene rings is 2. The zero-order chi connectivity index (χ0) is 17.0. The Balaban J connectivity index is 2.51. The minimum atomic E-state index is -0.640. The number of halogens is 1. The highest BCUT2D eigenvalue weighted by atomic mass is 35.5. The standard InChI is InChI=1S/C15H12ClNO6/c1-21-10-4-5-11(15(18)22-2)14(8-10)23-13-6-3-9(16)7-12(13)17(19)20/h3-8H,1-2H3. The SMILES string of the molecule is COC(=O)c1ccc(OC)cc1Oc1ccc(Cl)cc1[N+](=O)[O-]. The number of nitrogens with zero attached hydrogens (tertiary/aromatic N) is 1. The molecule has 0 heterocycles. The number of nitro groups is 1. The summed E-state index contributed by atoms with van der Waals surface area (Å²) >= 11 is 5.76. The van der Waals surface area contributed by atoms with Gasteiger partial charge in [-0.1, -0.05) is 11.6 Å². The van der Waals surface area contributed by atoms with E-state index in [9.17, 15) is 14.9 Å². The summed E-state index contributed by atoms with van der Waals surface area (Å²) in [6, 6.07) is 8.39. The molecule has 2 aromatic rings. The highest BCUT2D eigenvalue weighted by Crippen LogP contribution is 2.36. The fraction of sp³-hybridized carbons (Fsp3) is 0.133. The lowest BCUT2D eigenvalue weighted by molar-refractivity contribution is -0.385. The Hall–Kier alpha value is -2.80. The number of ether oxygens (including phenoxy) is 3. The molecule has 0 unspecified atom stereocenters. The molecule has 0 saturated carbocycles. The molecule has 0 fully saturated rings. The predicted molar refractivity (Wildman–Crippen MR) is 82.5 cm³/mol. The number of carbonyl (C=O) groups excluding carboxylic acids is 1. The number of nitro benzene ring substituents is 1. The molecule has 0 atom stereocenters. The van der Waals surface area contributed by atoms with Gasteiger partial charge in [0.2, 0.25) is 5.75 Å². The Morgan fingerprint density at radius 2 is 1.87 bits per heavy atom. The van der Waals surface area contributed by atoms with Gasteiger partial charge < -0.3 is 14.2 Å². The Bertz CT molecular complexity index is 762.